The lowest BCUT2D eigenvalue weighted by Crippen LogP contribution is -2.45. The highest BCUT2D eigenvalue weighted by Gasteiger charge is 2.29. The Labute approximate surface area is 67.8 Å². The summed E-state index contributed by atoms with van der Waals surface area (Å²) in [6.45, 7) is 1.10. The molecule has 0 aliphatic rings. The van der Waals surface area contributed by atoms with Gasteiger partial charge in [0.05, 0.1) is 6.07 Å². The highest BCUT2D eigenvalue weighted by atomic mass is 19.3. The number of rotatable bonds is 3. The van der Waals surface area contributed by atoms with Crippen molar-refractivity contribution in [1.82, 2.24) is 5.32 Å². The first-order valence-corrected chi connectivity index (χ1v) is 3.10. The Morgan fingerprint density at radius 2 is 2.33 bits per heavy atom. The van der Waals surface area contributed by atoms with Crippen molar-refractivity contribution in [3.05, 3.63) is 0 Å². The Kier molecular flexibility index (Phi) is 3.41. The smallest absolute Gasteiger partial charge is 0.405 e. The predicted molar refractivity (Wildman–Crippen MR) is 35.8 cm³/mol. The van der Waals surface area contributed by atoms with Gasteiger partial charge >= 0.3 is 6.09 Å². The molecule has 0 fully saturated rings. The standard InChI is InChI=1S/C6H8F2N2O2/c1-6(3-9,2-4(7)8)10-5(11)12/h4,10H,2H2,1H3,(H,11,12). The normalized spacial score (nSPS) is 14.9. The van der Waals surface area contributed by atoms with Crippen molar-refractivity contribution in [3.8, 4) is 6.07 Å². The summed E-state index contributed by atoms with van der Waals surface area (Å²) in [5, 5.41) is 18.3. The summed E-state index contributed by atoms with van der Waals surface area (Å²) < 4.78 is 23.6. The predicted octanol–water partition coefficient (Wildman–Crippen LogP) is 1.19. The number of hydrogen-bond donors (Lipinski definition) is 2. The molecule has 0 saturated carbocycles. The van der Waals surface area contributed by atoms with Gasteiger partial charge in [-0.25, -0.2) is 13.6 Å². The van der Waals surface area contributed by atoms with E-state index in [9.17, 15) is 13.6 Å². The first-order chi connectivity index (χ1) is 5.39. The molecule has 0 aliphatic carbocycles. The van der Waals surface area contributed by atoms with Crippen LogP contribution in [0.15, 0.2) is 0 Å². The van der Waals surface area contributed by atoms with Crippen LogP contribution in [0.5, 0.6) is 0 Å². The Balaban J connectivity index is 4.27. The van der Waals surface area contributed by atoms with E-state index in [2.05, 4.69) is 0 Å². The van der Waals surface area contributed by atoms with Crippen LogP contribution in [-0.4, -0.2) is 23.2 Å². The van der Waals surface area contributed by atoms with Gasteiger partial charge in [-0.15, -0.1) is 0 Å². The second-order valence-electron chi connectivity index (χ2n) is 2.47. The second-order valence-corrected chi connectivity index (χ2v) is 2.47. The molecular formula is C6H8F2N2O2. The zero-order valence-electron chi connectivity index (χ0n) is 6.34. The summed E-state index contributed by atoms with van der Waals surface area (Å²) in [6.07, 6.45) is -5.00. The second kappa shape index (κ2) is 3.85. The minimum absolute atomic E-state index is 0.810. The lowest BCUT2D eigenvalue weighted by atomic mass is 10.0. The van der Waals surface area contributed by atoms with E-state index >= 15 is 0 Å². The van der Waals surface area contributed by atoms with Crippen LogP contribution in [0.3, 0.4) is 0 Å². The van der Waals surface area contributed by atoms with Gasteiger partial charge in [-0.3, -0.25) is 0 Å². The van der Waals surface area contributed by atoms with Crippen LogP contribution < -0.4 is 5.32 Å². The maximum absolute atomic E-state index is 11.8. The molecular weight excluding hydrogens is 170 g/mol. The van der Waals surface area contributed by atoms with Crippen LogP contribution in [-0.2, 0) is 0 Å². The summed E-state index contributed by atoms with van der Waals surface area (Å²) in [4.78, 5) is 10.0. The van der Waals surface area contributed by atoms with Gasteiger partial charge in [-0.05, 0) is 6.92 Å². The van der Waals surface area contributed by atoms with E-state index in [4.69, 9.17) is 10.4 Å². The molecule has 1 atom stereocenters. The molecule has 1 amide bonds. The lowest BCUT2D eigenvalue weighted by molar-refractivity contribution is 0.109. The van der Waals surface area contributed by atoms with Crippen molar-refractivity contribution < 1.29 is 18.7 Å². The maximum atomic E-state index is 11.8. The first-order valence-electron chi connectivity index (χ1n) is 3.10. The van der Waals surface area contributed by atoms with Gasteiger partial charge in [-0.2, -0.15) is 5.26 Å². The van der Waals surface area contributed by atoms with E-state index in [1.807, 2.05) is 0 Å². The fourth-order valence-electron chi connectivity index (χ4n) is 0.669. The Morgan fingerprint density at radius 1 is 1.83 bits per heavy atom. The van der Waals surface area contributed by atoms with Crippen molar-refractivity contribution in [2.24, 2.45) is 0 Å². The molecule has 0 aromatic carbocycles. The van der Waals surface area contributed by atoms with E-state index < -0.39 is 24.5 Å². The molecule has 68 valence electrons. The average molecular weight is 178 g/mol. The average Bonchev–Trinajstić information content (AvgIpc) is 1.83. The minimum Gasteiger partial charge on any atom is -0.465 e. The first kappa shape index (κ1) is 10.6. The zero-order chi connectivity index (χ0) is 9.78. The van der Waals surface area contributed by atoms with Gasteiger partial charge in [0, 0.05) is 6.42 Å². The van der Waals surface area contributed by atoms with Crippen molar-refractivity contribution in [1.29, 1.82) is 5.26 Å². The van der Waals surface area contributed by atoms with Crippen LogP contribution in [0, 0.1) is 11.3 Å². The molecule has 4 nitrogen and oxygen atoms in total. The molecule has 1 unspecified atom stereocenters. The molecule has 0 bridgehead atoms. The van der Waals surface area contributed by atoms with Gasteiger partial charge < -0.3 is 10.4 Å². The van der Waals surface area contributed by atoms with Gasteiger partial charge in [0.1, 0.15) is 5.54 Å². The fraction of sp³-hybridized carbons (Fsp3) is 0.667. The van der Waals surface area contributed by atoms with Gasteiger partial charge in [0.2, 0.25) is 6.43 Å². The molecule has 2 N–H and O–H groups in total. The number of amides is 1. The Hall–Kier alpha value is -1.38. The summed E-state index contributed by atoms with van der Waals surface area (Å²) in [5.74, 6) is 0. The van der Waals surface area contributed by atoms with E-state index in [1.54, 1.807) is 5.32 Å². The van der Waals surface area contributed by atoms with Gasteiger partial charge in [0.15, 0.2) is 0 Å². The van der Waals surface area contributed by atoms with Crippen molar-refractivity contribution in [2.75, 3.05) is 0 Å². The molecule has 0 aliphatic heterocycles. The number of nitrogens with one attached hydrogen (secondary N) is 1. The molecule has 0 aromatic rings. The molecule has 0 rings (SSSR count). The van der Waals surface area contributed by atoms with E-state index in [-0.39, 0.29) is 0 Å². The van der Waals surface area contributed by atoms with Gasteiger partial charge in [0.25, 0.3) is 0 Å². The van der Waals surface area contributed by atoms with Crippen LogP contribution in [0.4, 0.5) is 13.6 Å². The summed E-state index contributed by atoms with van der Waals surface area (Å²) in [7, 11) is 0. The fourth-order valence-corrected chi connectivity index (χ4v) is 0.669. The number of nitrogens with zero attached hydrogens (tertiary/aromatic N) is 1. The van der Waals surface area contributed by atoms with Crippen molar-refractivity contribution in [3.63, 3.8) is 0 Å². The summed E-state index contributed by atoms with van der Waals surface area (Å²) in [5.41, 5.74) is -1.71. The molecule has 0 saturated heterocycles. The number of halogens is 2. The molecule has 0 spiro atoms. The Bertz CT molecular complexity index is 214. The number of carbonyl (C=O) groups is 1. The largest absolute Gasteiger partial charge is 0.465 e. The molecule has 0 heterocycles. The molecule has 0 aromatic heterocycles. The number of carboxylic acid groups (broad SMARTS) is 1. The number of nitriles is 1. The van der Waals surface area contributed by atoms with Crippen molar-refractivity contribution >= 4 is 6.09 Å². The van der Waals surface area contributed by atoms with Crippen LogP contribution in [0.25, 0.3) is 0 Å². The third kappa shape index (κ3) is 3.71. The van der Waals surface area contributed by atoms with Crippen LogP contribution in [0.2, 0.25) is 0 Å². The van der Waals surface area contributed by atoms with E-state index in [0.29, 0.717) is 0 Å². The summed E-state index contributed by atoms with van der Waals surface area (Å²) in [6, 6.07) is 1.47. The zero-order valence-corrected chi connectivity index (χ0v) is 6.34. The number of alkyl halides is 2. The minimum atomic E-state index is -2.71. The van der Waals surface area contributed by atoms with Crippen LogP contribution in [0.1, 0.15) is 13.3 Å². The molecule has 0 radical (unpaired) electrons. The van der Waals surface area contributed by atoms with E-state index in [0.717, 1.165) is 6.92 Å². The summed E-state index contributed by atoms with van der Waals surface area (Å²) >= 11 is 0. The number of hydrogen-bond acceptors (Lipinski definition) is 2. The SMILES string of the molecule is CC(C#N)(CC(F)F)NC(=O)O. The molecule has 6 heteroatoms. The van der Waals surface area contributed by atoms with Crippen molar-refractivity contribution in [2.45, 2.75) is 25.3 Å². The molecule has 12 heavy (non-hydrogen) atoms. The van der Waals surface area contributed by atoms with Crippen LogP contribution >= 0.6 is 0 Å². The van der Waals surface area contributed by atoms with Gasteiger partial charge in [-0.1, -0.05) is 0 Å². The Morgan fingerprint density at radius 3 is 2.58 bits per heavy atom. The maximum Gasteiger partial charge on any atom is 0.405 e. The third-order valence-corrected chi connectivity index (χ3v) is 1.19. The monoisotopic (exact) mass is 178 g/mol. The lowest BCUT2D eigenvalue weighted by Gasteiger charge is -2.20. The quantitative estimate of drug-likeness (QED) is 0.681. The topological polar surface area (TPSA) is 73.1 Å². The van der Waals surface area contributed by atoms with E-state index in [1.165, 1.54) is 6.07 Å². The third-order valence-electron chi connectivity index (χ3n) is 1.19. The highest BCUT2D eigenvalue weighted by molar-refractivity contribution is 5.66. The highest BCUT2D eigenvalue weighted by Crippen LogP contribution is 2.14.